The summed E-state index contributed by atoms with van der Waals surface area (Å²) in [5.74, 6) is 0.598. The van der Waals surface area contributed by atoms with Crippen LogP contribution in [-0.4, -0.2) is 18.7 Å². The van der Waals surface area contributed by atoms with E-state index in [9.17, 15) is 4.79 Å². The number of amides is 1. The Hall–Kier alpha value is -4.06. The molecule has 4 aromatic rings. The van der Waals surface area contributed by atoms with Crippen LogP contribution in [0.15, 0.2) is 108 Å². The van der Waals surface area contributed by atoms with Gasteiger partial charge in [-0.25, -0.2) is 0 Å². The van der Waals surface area contributed by atoms with Gasteiger partial charge in [-0.1, -0.05) is 89.9 Å². The maximum atomic E-state index is 13.5. The van der Waals surface area contributed by atoms with Crippen LogP contribution >= 0.6 is 23.2 Å². The average molecular weight is 529 g/mol. The fourth-order valence-electron chi connectivity index (χ4n) is 3.99. The Labute approximate surface area is 225 Å². The summed E-state index contributed by atoms with van der Waals surface area (Å²) in [5, 5.41) is 7.04. The zero-order valence-corrected chi connectivity index (χ0v) is 21.4. The van der Waals surface area contributed by atoms with E-state index < -0.39 is 0 Å². The number of halogens is 2. The van der Waals surface area contributed by atoms with Crippen molar-refractivity contribution >= 4 is 46.6 Å². The highest BCUT2D eigenvalue weighted by Gasteiger charge is 2.32. The molecule has 4 aromatic carbocycles. The van der Waals surface area contributed by atoms with Crippen LogP contribution in [0.5, 0.6) is 11.5 Å². The third kappa shape index (κ3) is 5.24. The second-order valence-corrected chi connectivity index (χ2v) is 9.05. The lowest BCUT2D eigenvalue weighted by Gasteiger charge is -2.14. The van der Waals surface area contributed by atoms with Crippen LogP contribution in [-0.2, 0) is 11.4 Å². The Morgan fingerprint density at radius 2 is 1.54 bits per heavy atom. The molecule has 0 spiro atoms. The zero-order valence-electron chi connectivity index (χ0n) is 19.9. The van der Waals surface area contributed by atoms with Crippen molar-refractivity contribution in [3.05, 3.63) is 129 Å². The maximum Gasteiger partial charge on any atom is 0.281 e. The molecule has 0 unspecified atom stereocenters. The first-order valence-electron chi connectivity index (χ1n) is 11.5. The van der Waals surface area contributed by atoms with Gasteiger partial charge in [0, 0.05) is 16.1 Å². The van der Waals surface area contributed by atoms with Gasteiger partial charge in [-0.2, -0.15) is 10.1 Å². The number of nitrogens with zero attached hydrogens (tertiary/aromatic N) is 2. The first-order chi connectivity index (χ1) is 18.0. The van der Waals surface area contributed by atoms with Gasteiger partial charge in [0.05, 0.1) is 23.4 Å². The molecule has 0 aliphatic carbocycles. The van der Waals surface area contributed by atoms with Crippen LogP contribution in [0.4, 0.5) is 5.69 Å². The van der Waals surface area contributed by atoms with E-state index in [1.165, 1.54) is 5.01 Å². The van der Waals surface area contributed by atoms with Gasteiger partial charge in [0.15, 0.2) is 11.5 Å². The number of carbonyl (C=O) groups is 1. The molecular formula is C30H22Cl2N2O3. The van der Waals surface area contributed by atoms with Crippen molar-refractivity contribution in [2.75, 3.05) is 12.1 Å². The minimum Gasteiger partial charge on any atom is -0.493 e. The summed E-state index contributed by atoms with van der Waals surface area (Å²) in [7, 11) is 1.54. The minimum atomic E-state index is -0.237. The highest BCUT2D eigenvalue weighted by molar-refractivity contribution is 6.37. The lowest BCUT2D eigenvalue weighted by Crippen LogP contribution is -2.21. The highest BCUT2D eigenvalue weighted by Crippen LogP contribution is 2.38. The second kappa shape index (κ2) is 10.9. The van der Waals surface area contributed by atoms with Crippen LogP contribution in [0.3, 0.4) is 0 Å². The van der Waals surface area contributed by atoms with E-state index in [0.29, 0.717) is 44.1 Å². The molecule has 1 aliphatic heterocycles. The third-order valence-electron chi connectivity index (χ3n) is 5.82. The summed E-state index contributed by atoms with van der Waals surface area (Å²) >= 11 is 12.9. The summed E-state index contributed by atoms with van der Waals surface area (Å²) in [4.78, 5) is 13.5. The fraction of sp³-hybridized carbons (Fsp3) is 0.0667. The summed E-state index contributed by atoms with van der Waals surface area (Å²) in [6.45, 7) is 0.228. The van der Waals surface area contributed by atoms with E-state index in [1.54, 1.807) is 31.4 Å². The molecule has 5 rings (SSSR count). The summed E-state index contributed by atoms with van der Waals surface area (Å²) in [6.07, 6.45) is 1.77. The molecule has 0 fully saturated rings. The number of hydrogen-bond donors (Lipinski definition) is 0. The standard InChI is InChI=1S/C30H22Cl2N2O3/c1-36-27-18-20(17-26(32)29(27)37-19-22-12-8-9-15-25(22)31)16-24-28(21-10-4-2-5-11-21)33-34(30(24)35)23-13-6-3-7-14-23/h2-18H,19H2,1H3/b24-16-. The number of rotatable bonds is 7. The smallest absolute Gasteiger partial charge is 0.281 e. The van der Waals surface area contributed by atoms with Crippen LogP contribution in [0.1, 0.15) is 16.7 Å². The summed E-state index contributed by atoms with van der Waals surface area (Å²) < 4.78 is 11.6. The van der Waals surface area contributed by atoms with Crippen molar-refractivity contribution in [2.24, 2.45) is 5.10 Å². The van der Waals surface area contributed by atoms with Crippen LogP contribution in [0, 0.1) is 0 Å². The van der Waals surface area contributed by atoms with E-state index in [4.69, 9.17) is 32.7 Å². The predicted molar refractivity (Wildman–Crippen MR) is 149 cm³/mol. The normalized spacial score (nSPS) is 14.1. The molecular weight excluding hydrogens is 507 g/mol. The van der Waals surface area contributed by atoms with Gasteiger partial charge in [0.2, 0.25) is 0 Å². The molecule has 0 radical (unpaired) electrons. The maximum absolute atomic E-state index is 13.5. The van der Waals surface area contributed by atoms with Gasteiger partial charge in [-0.15, -0.1) is 0 Å². The van der Waals surface area contributed by atoms with E-state index in [-0.39, 0.29) is 12.5 Å². The van der Waals surface area contributed by atoms with E-state index >= 15 is 0 Å². The topological polar surface area (TPSA) is 51.1 Å². The van der Waals surface area contributed by atoms with Crippen LogP contribution < -0.4 is 14.5 Å². The van der Waals surface area contributed by atoms with Crippen molar-refractivity contribution in [1.82, 2.24) is 0 Å². The number of methoxy groups -OCH3 is 1. The molecule has 5 nitrogen and oxygen atoms in total. The number of anilines is 1. The Kier molecular flexibility index (Phi) is 7.26. The molecule has 1 amide bonds. The average Bonchev–Trinajstić information content (AvgIpc) is 3.25. The SMILES string of the molecule is COc1cc(/C=C2\C(=O)N(c3ccccc3)N=C2c2ccccc2)cc(Cl)c1OCc1ccccc1Cl. The molecule has 184 valence electrons. The van der Waals surface area contributed by atoms with Gasteiger partial charge < -0.3 is 9.47 Å². The molecule has 0 saturated carbocycles. The Balaban J connectivity index is 1.51. The van der Waals surface area contributed by atoms with Crippen molar-refractivity contribution in [1.29, 1.82) is 0 Å². The lowest BCUT2D eigenvalue weighted by atomic mass is 10.00. The molecule has 1 aliphatic rings. The highest BCUT2D eigenvalue weighted by atomic mass is 35.5. The van der Waals surface area contributed by atoms with E-state index in [1.807, 2.05) is 78.9 Å². The minimum absolute atomic E-state index is 0.228. The molecule has 0 saturated heterocycles. The number of carbonyl (C=O) groups excluding carboxylic acids is 1. The first kappa shape index (κ1) is 24.6. The number of hydrogen-bond acceptors (Lipinski definition) is 4. The molecule has 0 atom stereocenters. The van der Waals surface area contributed by atoms with Crippen LogP contribution in [0.2, 0.25) is 10.0 Å². The van der Waals surface area contributed by atoms with Gasteiger partial charge in [-0.05, 0) is 42.0 Å². The first-order valence-corrected chi connectivity index (χ1v) is 12.3. The molecule has 37 heavy (non-hydrogen) atoms. The third-order valence-corrected chi connectivity index (χ3v) is 6.47. The molecule has 0 bridgehead atoms. The number of hydrazone groups is 1. The fourth-order valence-corrected chi connectivity index (χ4v) is 4.46. The van der Waals surface area contributed by atoms with Crippen molar-refractivity contribution in [3.63, 3.8) is 0 Å². The number of benzene rings is 4. The summed E-state index contributed by atoms with van der Waals surface area (Å²) in [5.41, 5.74) is 4.03. The van der Waals surface area contributed by atoms with Gasteiger partial charge in [0.25, 0.3) is 5.91 Å². The van der Waals surface area contributed by atoms with Crippen molar-refractivity contribution < 1.29 is 14.3 Å². The zero-order chi connectivity index (χ0) is 25.8. The molecule has 0 aromatic heterocycles. The van der Waals surface area contributed by atoms with E-state index in [2.05, 4.69) is 5.10 Å². The summed E-state index contributed by atoms with van der Waals surface area (Å²) in [6, 6.07) is 29.9. The molecule has 0 N–H and O–H groups in total. The number of ether oxygens (including phenoxy) is 2. The second-order valence-electron chi connectivity index (χ2n) is 8.24. The predicted octanol–water partition coefficient (Wildman–Crippen LogP) is 7.42. The Morgan fingerprint density at radius 3 is 2.24 bits per heavy atom. The lowest BCUT2D eigenvalue weighted by molar-refractivity contribution is -0.114. The monoisotopic (exact) mass is 528 g/mol. The quantitative estimate of drug-likeness (QED) is 0.234. The van der Waals surface area contributed by atoms with Crippen molar-refractivity contribution in [3.8, 4) is 11.5 Å². The number of para-hydroxylation sites is 1. The van der Waals surface area contributed by atoms with Crippen molar-refractivity contribution in [2.45, 2.75) is 6.61 Å². The van der Waals surface area contributed by atoms with Gasteiger partial charge >= 0.3 is 0 Å². The molecule has 1 heterocycles. The Morgan fingerprint density at radius 1 is 0.865 bits per heavy atom. The van der Waals surface area contributed by atoms with Gasteiger partial charge in [-0.3, -0.25) is 4.79 Å². The van der Waals surface area contributed by atoms with Gasteiger partial charge in [0.1, 0.15) is 12.3 Å². The molecule has 7 heteroatoms. The van der Waals surface area contributed by atoms with E-state index in [0.717, 1.165) is 11.1 Å². The Bertz CT molecular complexity index is 1500. The van der Waals surface area contributed by atoms with Crippen LogP contribution in [0.25, 0.3) is 6.08 Å². The largest absolute Gasteiger partial charge is 0.493 e.